The minimum atomic E-state index is -3.30. The molecular formula is C16H13N5O3S. The molecule has 8 nitrogen and oxygen atoms in total. The van der Waals surface area contributed by atoms with Crippen molar-refractivity contribution in [3.63, 3.8) is 0 Å². The van der Waals surface area contributed by atoms with E-state index in [4.69, 9.17) is 5.26 Å². The van der Waals surface area contributed by atoms with Crippen LogP contribution in [0.15, 0.2) is 47.5 Å². The maximum atomic E-state index is 11.7. The van der Waals surface area contributed by atoms with Gasteiger partial charge in [-0.15, -0.1) is 5.10 Å². The molecule has 0 saturated carbocycles. The van der Waals surface area contributed by atoms with Crippen LogP contribution in [0.25, 0.3) is 16.8 Å². The summed E-state index contributed by atoms with van der Waals surface area (Å²) in [6, 6.07) is 11.8. The molecule has 0 fully saturated rings. The molecule has 0 aliphatic carbocycles. The molecule has 2 heterocycles. The van der Waals surface area contributed by atoms with E-state index in [9.17, 15) is 13.2 Å². The summed E-state index contributed by atoms with van der Waals surface area (Å²) in [6.45, 7) is 0. The lowest BCUT2D eigenvalue weighted by molar-refractivity contribution is -0.115. The van der Waals surface area contributed by atoms with Crippen LogP contribution in [-0.2, 0) is 14.6 Å². The molecule has 1 N–H and O–H groups in total. The molecule has 0 radical (unpaired) electrons. The topological polar surface area (TPSA) is 117 Å². The summed E-state index contributed by atoms with van der Waals surface area (Å²) in [4.78, 5) is 15.8. The van der Waals surface area contributed by atoms with Crippen LogP contribution in [0, 0.1) is 11.3 Å². The van der Waals surface area contributed by atoms with Crippen LogP contribution in [0.1, 0.15) is 6.42 Å². The van der Waals surface area contributed by atoms with Crippen molar-refractivity contribution in [2.24, 2.45) is 0 Å². The summed E-state index contributed by atoms with van der Waals surface area (Å²) in [5.74, 6) is -0.387. The second-order valence-corrected chi connectivity index (χ2v) is 7.35. The summed E-state index contributed by atoms with van der Waals surface area (Å²) in [7, 11) is -3.30. The number of hydrogen-bond donors (Lipinski definition) is 1. The van der Waals surface area contributed by atoms with E-state index in [-0.39, 0.29) is 17.3 Å². The predicted molar refractivity (Wildman–Crippen MR) is 90.4 cm³/mol. The Morgan fingerprint density at radius 2 is 2.08 bits per heavy atom. The summed E-state index contributed by atoms with van der Waals surface area (Å²) >= 11 is 0. The van der Waals surface area contributed by atoms with Crippen LogP contribution in [0.5, 0.6) is 0 Å². The molecule has 1 aromatic carbocycles. The number of anilines is 1. The number of carbonyl (C=O) groups is 1. The zero-order valence-electron chi connectivity index (χ0n) is 13.2. The Hall–Kier alpha value is -3.25. The van der Waals surface area contributed by atoms with Crippen molar-refractivity contribution in [2.75, 3.05) is 11.6 Å². The Kier molecular flexibility index (Phi) is 4.21. The average molecular weight is 355 g/mol. The summed E-state index contributed by atoms with van der Waals surface area (Å²) in [6.07, 6.45) is 2.56. The monoisotopic (exact) mass is 355 g/mol. The number of sulfone groups is 1. The van der Waals surface area contributed by atoms with Gasteiger partial charge in [0.2, 0.25) is 11.9 Å². The molecule has 0 atom stereocenters. The van der Waals surface area contributed by atoms with Crippen molar-refractivity contribution in [2.45, 2.75) is 11.3 Å². The van der Waals surface area contributed by atoms with Gasteiger partial charge in [0.15, 0.2) is 15.5 Å². The number of aromatic nitrogens is 3. The van der Waals surface area contributed by atoms with E-state index >= 15 is 0 Å². The van der Waals surface area contributed by atoms with Crippen molar-refractivity contribution < 1.29 is 13.2 Å². The summed E-state index contributed by atoms with van der Waals surface area (Å²) in [5.41, 5.74) is 1.98. The minimum absolute atomic E-state index is 0.0993. The Morgan fingerprint density at radius 3 is 2.80 bits per heavy atom. The molecule has 25 heavy (non-hydrogen) atoms. The highest BCUT2D eigenvalue weighted by atomic mass is 32.2. The van der Waals surface area contributed by atoms with Crippen LogP contribution in [0.3, 0.4) is 0 Å². The Bertz CT molecular complexity index is 1110. The summed E-state index contributed by atoms with van der Waals surface area (Å²) < 4.78 is 24.9. The largest absolute Gasteiger partial charge is 0.292 e. The minimum Gasteiger partial charge on any atom is -0.292 e. The van der Waals surface area contributed by atoms with E-state index in [0.717, 1.165) is 17.4 Å². The maximum absolute atomic E-state index is 11.7. The van der Waals surface area contributed by atoms with Crippen molar-refractivity contribution in [1.29, 1.82) is 5.26 Å². The van der Waals surface area contributed by atoms with Crippen LogP contribution in [0.4, 0.5) is 5.95 Å². The molecule has 0 bridgehead atoms. The van der Waals surface area contributed by atoms with E-state index in [1.165, 1.54) is 10.6 Å². The van der Waals surface area contributed by atoms with E-state index < -0.39 is 15.7 Å². The molecule has 3 aromatic rings. The molecule has 0 aliphatic rings. The third-order valence-corrected chi connectivity index (χ3v) is 4.53. The third kappa shape index (κ3) is 3.64. The number of amides is 1. The zero-order valence-corrected chi connectivity index (χ0v) is 14.0. The van der Waals surface area contributed by atoms with Crippen molar-refractivity contribution in [3.8, 4) is 17.2 Å². The van der Waals surface area contributed by atoms with E-state index in [2.05, 4.69) is 15.4 Å². The molecule has 9 heteroatoms. The smallest absolute Gasteiger partial charge is 0.249 e. The van der Waals surface area contributed by atoms with Gasteiger partial charge in [-0.3, -0.25) is 10.1 Å². The Balaban J connectivity index is 1.97. The maximum Gasteiger partial charge on any atom is 0.249 e. The van der Waals surface area contributed by atoms with Gasteiger partial charge < -0.3 is 0 Å². The first-order valence-electron chi connectivity index (χ1n) is 7.20. The quantitative estimate of drug-likeness (QED) is 0.760. The van der Waals surface area contributed by atoms with Crippen LogP contribution >= 0.6 is 0 Å². The lowest BCUT2D eigenvalue weighted by Crippen LogP contribution is -2.11. The first-order chi connectivity index (χ1) is 11.9. The highest BCUT2D eigenvalue weighted by molar-refractivity contribution is 7.90. The average Bonchev–Trinajstić information content (AvgIpc) is 2.95. The van der Waals surface area contributed by atoms with Crippen molar-refractivity contribution >= 4 is 27.3 Å². The standard InChI is InChI=1S/C16H13N5O3S/c1-25(23,24)13-4-2-3-11(9-13)12-5-6-14-18-16(20-21(14)10-12)19-15(22)7-8-17/h2-6,9-10H,7H2,1H3,(H,19,20,22). The van der Waals surface area contributed by atoms with Gasteiger partial charge in [0.05, 0.1) is 11.0 Å². The first-order valence-corrected chi connectivity index (χ1v) is 9.10. The van der Waals surface area contributed by atoms with Gasteiger partial charge in [-0.2, -0.15) is 10.2 Å². The number of hydrogen-bond acceptors (Lipinski definition) is 6. The van der Waals surface area contributed by atoms with Crippen LogP contribution in [0.2, 0.25) is 0 Å². The highest BCUT2D eigenvalue weighted by Crippen LogP contribution is 2.23. The fourth-order valence-electron chi connectivity index (χ4n) is 2.25. The van der Waals surface area contributed by atoms with Gasteiger partial charge in [-0.25, -0.2) is 12.9 Å². The normalized spacial score (nSPS) is 11.2. The van der Waals surface area contributed by atoms with Crippen LogP contribution in [-0.4, -0.2) is 35.2 Å². The number of carbonyl (C=O) groups excluding carboxylic acids is 1. The number of pyridine rings is 1. The van der Waals surface area contributed by atoms with Crippen molar-refractivity contribution in [3.05, 3.63) is 42.6 Å². The molecule has 0 aliphatic heterocycles. The van der Waals surface area contributed by atoms with Crippen molar-refractivity contribution in [1.82, 2.24) is 14.6 Å². The van der Waals surface area contributed by atoms with E-state index in [0.29, 0.717) is 5.65 Å². The highest BCUT2D eigenvalue weighted by Gasteiger charge is 2.11. The SMILES string of the molecule is CS(=O)(=O)c1cccc(-c2ccc3nc(NC(=O)CC#N)nn3c2)c1. The zero-order chi connectivity index (χ0) is 18.0. The number of fused-ring (bicyclic) bond motifs is 1. The molecular weight excluding hydrogens is 342 g/mol. The fraction of sp³-hybridized carbons (Fsp3) is 0.125. The predicted octanol–water partition coefficient (Wildman–Crippen LogP) is 1.65. The molecule has 2 aromatic heterocycles. The number of nitrogens with zero attached hydrogens (tertiary/aromatic N) is 4. The Morgan fingerprint density at radius 1 is 1.28 bits per heavy atom. The fourth-order valence-corrected chi connectivity index (χ4v) is 2.92. The summed E-state index contributed by atoms with van der Waals surface area (Å²) in [5, 5.41) is 15.1. The molecule has 3 rings (SSSR count). The second-order valence-electron chi connectivity index (χ2n) is 5.34. The second kappa shape index (κ2) is 6.33. The number of nitriles is 1. The third-order valence-electron chi connectivity index (χ3n) is 3.42. The van der Waals surface area contributed by atoms with E-state index in [1.807, 2.05) is 0 Å². The lowest BCUT2D eigenvalue weighted by Gasteiger charge is -2.04. The van der Waals surface area contributed by atoms with E-state index in [1.54, 1.807) is 42.6 Å². The molecule has 0 unspecified atom stereocenters. The number of nitrogens with one attached hydrogen (secondary N) is 1. The molecule has 1 amide bonds. The van der Waals surface area contributed by atoms with Gasteiger partial charge in [-0.1, -0.05) is 12.1 Å². The molecule has 0 spiro atoms. The number of rotatable bonds is 4. The number of benzene rings is 1. The van der Waals surface area contributed by atoms with Gasteiger partial charge in [0.1, 0.15) is 6.42 Å². The van der Waals surface area contributed by atoms with Crippen LogP contribution < -0.4 is 5.32 Å². The molecule has 126 valence electrons. The molecule has 0 saturated heterocycles. The van der Waals surface area contributed by atoms with Gasteiger partial charge in [0, 0.05) is 18.0 Å². The van der Waals surface area contributed by atoms with Gasteiger partial charge in [0.25, 0.3) is 0 Å². The van der Waals surface area contributed by atoms with Gasteiger partial charge >= 0.3 is 0 Å². The van der Waals surface area contributed by atoms with Gasteiger partial charge in [-0.05, 0) is 29.8 Å². The Labute approximate surface area is 143 Å². The lowest BCUT2D eigenvalue weighted by atomic mass is 10.1. The first kappa shape index (κ1) is 16.6.